The Kier molecular flexibility index (Phi) is 24.1. The molecule has 0 bridgehead atoms. The van der Waals surface area contributed by atoms with E-state index in [1.54, 1.807) is 67.3 Å². The Hall–Kier alpha value is -3.92. The third-order valence-electron chi connectivity index (χ3n) is 12.0. The van der Waals surface area contributed by atoms with Gasteiger partial charge in [0.15, 0.2) is 0 Å². The maximum absolute atomic E-state index is 13.6. The maximum Gasteiger partial charge on any atom is 0.351 e. The minimum atomic E-state index is -3.15. The van der Waals surface area contributed by atoms with Gasteiger partial charge in [-0.3, -0.25) is 19.0 Å². The van der Waals surface area contributed by atoms with Gasteiger partial charge in [-0.05, 0) is 97.0 Å². The van der Waals surface area contributed by atoms with Crippen molar-refractivity contribution in [2.75, 3.05) is 45.7 Å². The number of benzene rings is 1. The van der Waals surface area contributed by atoms with Crippen LogP contribution in [-0.4, -0.2) is 126 Å². The summed E-state index contributed by atoms with van der Waals surface area (Å²) in [5.74, 6) is -0.165. The summed E-state index contributed by atoms with van der Waals surface area (Å²) in [5.41, 5.74) is -0.984. The number of nitriles is 1. The third-order valence-corrected chi connectivity index (χ3v) is 18.9. The average Bonchev–Trinajstić information content (AvgIpc) is 3.67. The monoisotopic (exact) mass is 986 g/mol. The highest BCUT2D eigenvalue weighted by Crippen LogP contribution is 2.50. The molecule has 2 heterocycles. The fraction of sp³-hybridized carbons (Fsp3) is 0.694. The molecular formula is C49H80N7O10PSi. The summed E-state index contributed by atoms with van der Waals surface area (Å²) < 4.78 is 37.6. The zero-order chi connectivity index (χ0) is 50.8. The van der Waals surface area contributed by atoms with E-state index in [2.05, 4.69) is 76.4 Å². The first-order chi connectivity index (χ1) is 32.0. The smallest absolute Gasteiger partial charge is 0.351 e. The molecule has 3 amide bonds. The first-order valence-electron chi connectivity index (χ1n) is 24.2. The van der Waals surface area contributed by atoms with Crippen molar-refractivity contribution in [1.82, 2.24) is 24.0 Å². The van der Waals surface area contributed by atoms with E-state index in [9.17, 15) is 29.2 Å². The number of carbonyl (C=O) groups excluding carboxylic acids is 4. The number of hydrogen-bond acceptors (Lipinski definition) is 13. The number of nitrogens with one attached hydrogen (secondary N) is 1. The van der Waals surface area contributed by atoms with Gasteiger partial charge >= 0.3 is 14.3 Å². The number of nitrogens with zero attached hydrogens (tertiary/aromatic N) is 6. The number of unbranched alkanes of at least 4 members (excludes halogenated alkanes) is 2. The lowest BCUT2D eigenvalue weighted by Crippen LogP contribution is -2.54. The summed E-state index contributed by atoms with van der Waals surface area (Å²) in [6, 6.07) is 12.5. The predicted molar refractivity (Wildman–Crippen MR) is 267 cm³/mol. The van der Waals surface area contributed by atoms with Crippen LogP contribution >= 0.6 is 8.53 Å². The summed E-state index contributed by atoms with van der Waals surface area (Å²) in [4.78, 5) is 71.3. The summed E-state index contributed by atoms with van der Waals surface area (Å²) in [6.45, 7) is 23.2. The first kappa shape index (κ1) is 58.4. The molecule has 1 aliphatic heterocycles. The number of ketones is 1. The van der Waals surface area contributed by atoms with Gasteiger partial charge in [-0.1, -0.05) is 52.3 Å². The second kappa shape index (κ2) is 28.1. The largest absolute Gasteiger partial charge is 0.391 e. The minimum absolute atomic E-state index is 0.0202. The minimum Gasteiger partial charge on any atom is -0.391 e. The highest BCUT2D eigenvalue weighted by molar-refractivity contribution is 7.44. The quantitative estimate of drug-likeness (QED) is 0.0444. The van der Waals surface area contributed by atoms with Crippen LogP contribution in [0.4, 0.5) is 5.82 Å². The number of hydrogen-bond donors (Lipinski definition) is 1. The fourth-order valence-corrected chi connectivity index (χ4v) is 13.8. The summed E-state index contributed by atoms with van der Waals surface area (Å²) in [5, 5.41) is 12.1. The molecule has 1 unspecified atom stereocenters. The highest BCUT2D eigenvalue weighted by atomic mass is 31.2. The average molecular weight is 986 g/mol. The topological polar surface area (TPSA) is 195 Å². The van der Waals surface area contributed by atoms with E-state index < -0.39 is 52.7 Å². The van der Waals surface area contributed by atoms with Crippen molar-refractivity contribution in [3.8, 4) is 6.07 Å². The number of ether oxygens (including phenoxy) is 1. The van der Waals surface area contributed by atoms with Crippen molar-refractivity contribution in [3.63, 3.8) is 0 Å². The van der Waals surface area contributed by atoms with Crippen LogP contribution in [0.15, 0.2) is 47.4 Å². The standard InChI is InChI=1S/C49H80N7O10PSi/c1-35(2)56(36(3)4)67(62-32-20-28-50)65-41-33-46(55-29-26-43(52-48(55)61)51-47(60)40-22-17-15-18-23-40)64-42(41)34-63-68(37(5)6,38(7)8)66-49(10,11)27-25-45(59)54(13)31-30-53(12)44(58)24-19-14-16-21-39(9)57/h15,17-18,22-23,26,29,35-38,41-42,46H,14,16,19-21,24-25,27,30-34H2,1-13H3,(H,51,52,60,61)/t41-,42+,46+,67?/m0/s1. The van der Waals surface area contributed by atoms with E-state index in [4.69, 9.17) is 22.6 Å². The summed E-state index contributed by atoms with van der Waals surface area (Å²) >= 11 is 0. The Morgan fingerprint density at radius 1 is 0.926 bits per heavy atom. The van der Waals surface area contributed by atoms with Crippen molar-refractivity contribution in [3.05, 3.63) is 58.6 Å². The molecular weight excluding hydrogens is 906 g/mol. The Morgan fingerprint density at radius 2 is 1.53 bits per heavy atom. The molecule has 17 nitrogen and oxygen atoms in total. The van der Waals surface area contributed by atoms with Gasteiger partial charge in [0.05, 0.1) is 37.4 Å². The van der Waals surface area contributed by atoms with E-state index in [1.807, 2.05) is 19.9 Å². The molecule has 0 radical (unpaired) electrons. The number of aromatic nitrogens is 2. The zero-order valence-corrected chi connectivity index (χ0v) is 44.9. The number of likely N-dealkylation sites (N-methyl/N-ethyl adjacent to an activating group) is 2. The summed E-state index contributed by atoms with van der Waals surface area (Å²) in [7, 11) is -1.34. The Balaban J connectivity index is 1.81. The number of amides is 3. The van der Waals surface area contributed by atoms with Gasteiger partial charge in [-0.2, -0.15) is 10.2 Å². The Labute approximate surface area is 407 Å². The normalized spacial score (nSPS) is 17.0. The molecule has 68 heavy (non-hydrogen) atoms. The molecule has 2 aromatic rings. The van der Waals surface area contributed by atoms with Crippen LogP contribution in [0.25, 0.3) is 0 Å². The molecule has 0 aliphatic carbocycles. The summed E-state index contributed by atoms with van der Waals surface area (Å²) in [6.07, 6.45) is 3.85. The SMILES string of the molecule is CC(=O)CCCCCC(=O)N(C)CCN(C)C(=O)CCC(C)(C)O[Si](OC[C@H]1O[C@@H](n2ccc(NC(=O)c3ccccc3)nc2=O)C[C@@H]1OP(OCCC#N)N(C(C)C)C(C)C)(C(C)C)C(C)C. The van der Waals surface area contributed by atoms with Gasteiger partial charge in [0.25, 0.3) is 14.4 Å². The van der Waals surface area contributed by atoms with Crippen molar-refractivity contribution in [1.29, 1.82) is 5.26 Å². The van der Waals surface area contributed by atoms with Crippen molar-refractivity contribution >= 4 is 46.4 Å². The van der Waals surface area contributed by atoms with Gasteiger partial charge < -0.3 is 42.5 Å². The van der Waals surface area contributed by atoms with Crippen LogP contribution in [0.5, 0.6) is 0 Å². The lowest BCUT2D eigenvalue weighted by Gasteiger charge is -2.44. The van der Waals surface area contributed by atoms with Gasteiger partial charge in [-0.25, -0.2) is 9.46 Å². The van der Waals surface area contributed by atoms with E-state index >= 15 is 0 Å². The van der Waals surface area contributed by atoms with E-state index in [1.165, 1.54) is 4.57 Å². The molecule has 1 aromatic carbocycles. The van der Waals surface area contributed by atoms with Crippen LogP contribution in [0.1, 0.15) is 151 Å². The van der Waals surface area contributed by atoms with E-state index in [0.29, 0.717) is 37.9 Å². The number of rotatable bonds is 30. The predicted octanol–water partition coefficient (Wildman–Crippen LogP) is 8.75. The van der Waals surface area contributed by atoms with Gasteiger partial charge in [0.2, 0.25) is 11.8 Å². The molecule has 1 aromatic heterocycles. The first-order valence-corrected chi connectivity index (χ1v) is 27.3. The second-order valence-corrected chi connectivity index (χ2v) is 25.1. The Bertz CT molecular complexity index is 2000. The van der Waals surface area contributed by atoms with Gasteiger partial charge in [0, 0.05) is 76.7 Å². The molecule has 1 N–H and O–H groups in total. The zero-order valence-electron chi connectivity index (χ0n) is 43.0. The van der Waals surface area contributed by atoms with Crippen LogP contribution in [0.2, 0.25) is 11.1 Å². The molecule has 4 atom stereocenters. The Morgan fingerprint density at radius 3 is 2.09 bits per heavy atom. The molecule has 1 fully saturated rings. The lowest BCUT2D eigenvalue weighted by atomic mass is 10.0. The third kappa shape index (κ3) is 18.1. The molecule has 3 rings (SSSR count). The van der Waals surface area contributed by atoms with Crippen LogP contribution in [0, 0.1) is 11.3 Å². The molecule has 0 saturated carbocycles. The van der Waals surface area contributed by atoms with Crippen molar-refractivity contribution < 1.29 is 41.8 Å². The van der Waals surface area contributed by atoms with Crippen molar-refractivity contribution in [2.24, 2.45) is 0 Å². The number of anilines is 1. The van der Waals surface area contributed by atoms with E-state index in [-0.39, 0.29) is 79.1 Å². The molecule has 0 spiro atoms. The van der Waals surface area contributed by atoms with Gasteiger partial charge in [-0.15, -0.1) is 0 Å². The molecule has 1 aliphatic rings. The molecule has 19 heteroatoms. The van der Waals surface area contributed by atoms with Crippen LogP contribution in [-0.2, 0) is 37.0 Å². The molecule has 1 saturated heterocycles. The highest BCUT2D eigenvalue weighted by Gasteiger charge is 2.51. The second-order valence-electron chi connectivity index (χ2n) is 19.5. The number of Topliss-reactive ketones (excluding diaryl/α,β-unsaturated/α-hetero) is 1. The van der Waals surface area contributed by atoms with E-state index in [0.717, 1.165) is 19.3 Å². The van der Waals surface area contributed by atoms with Crippen molar-refractivity contribution in [2.45, 2.75) is 181 Å². The number of carbonyl (C=O) groups is 4. The van der Waals surface area contributed by atoms with Crippen LogP contribution in [0.3, 0.4) is 0 Å². The van der Waals surface area contributed by atoms with Gasteiger partial charge in [0.1, 0.15) is 23.9 Å². The fourth-order valence-electron chi connectivity index (χ4n) is 8.15. The van der Waals surface area contributed by atoms with Crippen LogP contribution < -0.4 is 11.0 Å². The molecule has 380 valence electrons. The lowest BCUT2D eigenvalue weighted by molar-refractivity contribution is -0.134. The maximum atomic E-state index is 13.6.